The molecule has 0 amide bonds. The minimum Gasteiger partial charge on any atom is -0.252 e. The van der Waals surface area contributed by atoms with Crippen molar-refractivity contribution in [3.8, 4) is 11.3 Å². The van der Waals surface area contributed by atoms with E-state index in [0.717, 1.165) is 24.1 Å². The molecule has 7 heteroatoms. The molecule has 0 bridgehead atoms. The number of aryl methyl sites for hydroxylation is 2. The number of hydrogen-bond acceptors (Lipinski definition) is 4. The van der Waals surface area contributed by atoms with E-state index in [1.54, 1.807) is 4.68 Å². The van der Waals surface area contributed by atoms with Crippen molar-refractivity contribution in [2.45, 2.75) is 38.6 Å². The second-order valence-electron chi connectivity index (χ2n) is 5.89. The van der Waals surface area contributed by atoms with Gasteiger partial charge in [-0.1, -0.05) is 23.4 Å². The molecule has 1 aromatic heterocycles. The van der Waals surface area contributed by atoms with Gasteiger partial charge >= 0.3 is 0 Å². The van der Waals surface area contributed by atoms with Gasteiger partial charge in [0.25, 0.3) is 0 Å². The van der Waals surface area contributed by atoms with E-state index in [4.69, 9.17) is 0 Å². The lowest BCUT2D eigenvalue weighted by atomic mass is 9.87. The highest BCUT2D eigenvalue weighted by Gasteiger charge is 2.16. The minimum atomic E-state index is -3.16. The van der Waals surface area contributed by atoms with Gasteiger partial charge in [-0.3, -0.25) is 4.68 Å². The molecule has 0 aliphatic heterocycles. The van der Waals surface area contributed by atoms with Crippen LogP contribution in [-0.4, -0.2) is 36.2 Å². The molecule has 23 heavy (non-hydrogen) atoms. The molecule has 0 spiro atoms. The van der Waals surface area contributed by atoms with Crippen LogP contribution in [0.3, 0.4) is 0 Å². The minimum absolute atomic E-state index is 0.0967. The lowest BCUT2D eigenvalue weighted by molar-refractivity contribution is 0.557. The number of aromatic nitrogens is 3. The van der Waals surface area contributed by atoms with Crippen LogP contribution < -0.4 is 4.72 Å². The molecule has 0 atom stereocenters. The third-order valence-electron chi connectivity index (χ3n) is 4.32. The monoisotopic (exact) mass is 334 g/mol. The van der Waals surface area contributed by atoms with Gasteiger partial charge in [-0.2, -0.15) is 0 Å². The lowest BCUT2D eigenvalue weighted by Gasteiger charge is -2.18. The zero-order valence-corrected chi connectivity index (χ0v) is 14.1. The first-order chi connectivity index (χ1) is 11.1. The normalized spacial score (nSPS) is 14.7. The predicted molar refractivity (Wildman–Crippen MR) is 89.6 cm³/mol. The third-order valence-corrected chi connectivity index (χ3v) is 5.77. The Hall–Kier alpha value is -1.73. The van der Waals surface area contributed by atoms with Crippen molar-refractivity contribution in [2.24, 2.45) is 0 Å². The molecule has 0 saturated carbocycles. The molecule has 1 heterocycles. The van der Waals surface area contributed by atoms with Gasteiger partial charge < -0.3 is 0 Å². The first-order valence-electron chi connectivity index (χ1n) is 8.01. The molecule has 1 aliphatic carbocycles. The third kappa shape index (κ3) is 3.79. The fourth-order valence-electron chi connectivity index (χ4n) is 3.07. The summed E-state index contributed by atoms with van der Waals surface area (Å²) in [6, 6.07) is 6.38. The van der Waals surface area contributed by atoms with E-state index >= 15 is 0 Å². The van der Waals surface area contributed by atoms with Crippen LogP contribution in [0.2, 0.25) is 0 Å². The maximum absolute atomic E-state index is 11.4. The van der Waals surface area contributed by atoms with Gasteiger partial charge in [0, 0.05) is 12.1 Å². The van der Waals surface area contributed by atoms with E-state index in [1.807, 2.05) is 6.20 Å². The summed E-state index contributed by atoms with van der Waals surface area (Å²) in [4.78, 5) is 0. The Kier molecular flexibility index (Phi) is 4.77. The maximum atomic E-state index is 11.4. The molecule has 1 aliphatic rings. The highest BCUT2D eigenvalue weighted by molar-refractivity contribution is 7.89. The van der Waals surface area contributed by atoms with Crippen LogP contribution in [0.25, 0.3) is 11.3 Å². The van der Waals surface area contributed by atoms with Gasteiger partial charge in [0.15, 0.2) is 0 Å². The SMILES string of the molecule is CNS(=O)(=O)CCCn1cc(-c2cccc3c2CCCC3)nn1. The van der Waals surface area contributed by atoms with Gasteiger partial charge in [0.2, 0.25) is 10.0 Å². The first kappa shape index (κ1) is 16.1. The number of nitrogens with one attached hydrogen (secondary N) is 1. The van der Waals surface area contributed by atoms with Crippen molar-refractivity contribution in [3.05, 3.63) is 35.5 Å². The van der Waals surface area contributed by atoms with Crippen LogP contribution in [0.1, 0.15) is 30.4 Å². The molecule has 0 unspecified atom stereocenters. The molecule has 3 rings (SSSR count). The molecular formula is C16H22N4O2S. The van der Waals surface area contributed by atoms with Crippen LogP contribution in [0, 0.1) is 0 Å². The highest BCUT2D eigenvalue weighted by Crippen LogP contribution is 2.30. The van der Waals surface area contributed by atoms with Gasteiger partial charge in [-0.15, -0.1) is 5.10 Å². The Bertz CT molecular complexity index is 783. The molecule has 0 fully saturated rings. The van der Waals surface area contributed by atoms with Crippen molar-refractivity contribution >= 4 is 10.0 Å². The second-order valence-corrected chi connectivity index (χ2v) is 7.94. The van der Waals surface area contributed by atoms with Gasteiger partial charge in [0.1, 0.15) is 5.69 Å². The topological polar surface area (TPSA) is 76.9 Å². The number of benzene rings is 1. The quantitative estimate of drug-likeness (QED) is 0.873. The van der Waals surface area contributed by atoms with E-state index in [9.17, 15) is 8.42 Å². The number of fused-ring (bicyclic) bond motifs is 1. The summed E-state index contributed by atoms with van der Waals surface area (Å²) in [5, 5.41) is 8.42. The second kappa shape index (κ2) is 6.80. The molecule has 2 aromatic rings. The Labute approximate surface area is 137 Å². The number of sulfonamides is 1. The van der Waals surface area contributed by atoms with Gasteiger partial charge in [0.05, 0.1) is 11.9 Å². The van der Waals surface area contributed by atoms with Crippen molar-refractivity contribution in [1.82, 2.24) is 19.7 Å². The van der Waals surface area contributed by atoms with E-state index in [0.29, 0.717) is 13.0 Å². The summed E-state index contributed by atoms with van der Waals surface area (Å²) in [7, 11) is -1.73. The zero-order chi connectivity index (χ0) is 16.3. The van der Waals surface area contributed by atoms with Crippen LogP contribution in [0.4, 0.5) is 0 Å². The Morgan fingerprint density at radius 3 is 2.91 bits per heavy atom. The van der Waals surface area contributed by atoms with E-state index in [2.05, 4.69) is 33.2 Å². The van der Waals surface area contributed by atoms with Crippen molar-refractivity contribution in [2.75, 3.05) is 12.8 Å². The zero-order valence-electron chi connectivity index (χ0n) is 13.3. The lowest BCUT2D eigenvalue weighted by Crippen LogP contribution is -2.22. The van der Waals surface area contributed by atoms with E-state index in [1.165, 1.54) is 31.0 Å². The van der Waals surface area contributed by atoms with Crippen molar-refractivity contribution in [1.29, 1.82) is 0 Å². The van der Waals surface area contributed by atoms with Gasteiger partial charge in [-0.05, 0) is 50.3 Å². The van der Waals surface area contributed by atoms with Crippen LogP contribution in [-0.2, 0) is 29.4 Å². The van der Waals surface area contributed by atoms with Crippen LogP contribution in [0.15, 0.2) is 24.4 Å². The summed E-state index contributed by atoms with van der Waals surface area (Å²) in [6.07, 6.45) is 7.14. The fourth-order valence-corrected chi connectivity index (χ4v) is 3.78. The molecule has 1 aromatic carbocycles. The first-order valence-corrected chi connectivity index (χ1v) is 9.67. The summed E-state index contributed by atoms with van der Waals surface area (Å²) in [6.45, 7) is 0.545. The fraction of sp³-hybridized carbons (Fsp3) is 0.500. The Morgan fingerprint density at radius 1 is 1.26 bits per heavy atom. The van der Waals surface area contributed by atoms with Crippen molar-refractivity contribution in [3.63, 3.8) is 0 Å². The standard InChI is InChI=1S/C16H22N4O2S/c1-17-23(21,22)11-5-10-20-12-16(18-19-20)15-9-4-7-13-6-2-3-8-14(13)15/h4,7,9,12,17H,2-3,5-6,8,10-11H2,1H3. The Morgan fingerprint density at radius 2 is 2.09 bits per heavy atom. The summed E-state index contributed by atoms with van der Waals surface area (Å²) >= 11 is 0. The maximum Gasteiger partial charge on any atom is 0.211 e. The summed E-state index contributed by atoms with van der Waals surface area (Å²) in [5.41, 5.74) is 4.85. The number of hydrogen-bond donors (Lipinski definition) is 1. The van der Waals surface area contributed by atoms with Crippen LogP contribution >= 0.6 is 0 Å². The Balaban J connectivity index is 1.73. The highest BCUT2D eigenvalue weighted by atomic mass is 32.2. The largest absolute Gasteiger partial charge is 0.252 e. The number of rotatable bonds is 6. The molecule has 124 valence electrons. The van der Waals surface area contributed by atoms with Crippen molar-refractivity contribution < 1.29 is 8.42 Å². The van der Waals surface area contributed by atoms with E-state index < -0.39 is 10.0 Å². The number of nitrogens with zero attached hydrogens (tertiary/aromatic N) is 3. The van der Waals surface area contributed by atoms with E-state index in [-0.39, 0.29) is 5.75 Å². The molecule has 6 nitrogen and oxygen atoms in total. The average Bonchev–Trinajstić information content (AvgIpc) is 3.03. The van der Waals surface area contributed by atoms with Crippen LogP contribution in [0.5, 0.6) is 0 Å². The smallest absolute Gasteiger partial charge is 0.211 e. The summed E-state index contributed by atoms with van der Waals surface area (Å²) in [5.74, 6) is 0.0967. The molecule has 1 N–H and O–H groups in total. The molecule has 0 radical (unpaired) electrons. The summed E-state index contributed by atoms with van der Waals surface area (Å²) < 4.78 is 26.9. The molecular weight excluding hydrogens is 312 g/mol. The molecule has 0 saturated heterocycles. The van der Waals surface area contributed by atoms with Gasteiger partial charge in [-0.25, -0.2) is 13.1 Å². The average molecular weight is 334 g/mol. The predicted octanol–water partition coefficient (Wildman–Crippen LogP) is 1.76.